The van der Waals surface area contributed by atoms with E-state index in [1.165, 1.54) is 37.7 Å². The van der Waals surface area contributed by atoms with E-state index < -0.39 is 0 Å². The Morgan fingerprint density at radius 1 is 1.22 bits per heavy atom. The molecule has 0 aliphatic heterocycles. The van der Waals surface area contributed by atoms with Gasteiger partial charge in [-0.2, -0.15) is 0 Å². The van der Waals surface area contributed by atoms with Crippen molar-refractivity contribution < 1.29 is 0 Å². The molecular formula is C15H21Br2N. The summed E-state index contributed by atoms with van der Waals surface area (Å²) < 4.78 is 0.301. The SMILES string of the molecule is BrC1CCCCC1(Br)CCNCc1ccccc1. The second-order valence-corrected chi connectivity index (χ2v) is 7.84. The molecule has 1 aromatic carbocycles. The second kappa shape index (κ2) is 7.06. The lowest BCUT2D eigenvalue weighted by atomic mass is 9.86. The summed E-state index contributed by atoms with van der Waals surface area (Å²) in [6.45, 7) is 2.04. The average Bonchev–Trinajstić information content (AvgIpc) is 2.40. The summed E-state index contributed by atoms with van der Waals surface area (Å²) in [5.74, 6) is 0. The first-order valence-electron chi connectivity index (χ1n) is 6.78. The third-order valence-electron chi connectivity index (χ3n) is 3.75. The van der Waals surface area contributed by atoms with Crippen LogP contribution in [-0.2, 0) is 6.54 Å². The van der Waals surface area contributed by atoms with Gasteiger partial charge in [0.2, 0.25) is 0 Å². The van der Waals surface area contributed by atoms with Crippen molar-refractivity contribution in [2.45, 2.75) is 47.8 Å². The zero-order valence-corrected chi connectivity index (χ0v) is 13.8. The van der Waals surface area contributed by atoms with Crippen LogP contribution in [0.1, 0.15) is 37.7 Å². The van der Waals surface area contributed by atoms with Gasteiger partial charge in [0.1, 0.15) is 0 Å². The molecule has 0 spiro atoms. The van der Waals surface area contributed by atoms with Crippen molar-refractivity contribution >= 4 is 31.9 Å². The molecule has 1 aromatic rings. The molecule has 100 valence electrons. The maximum Gasteiger partial charge on any atom is 0.0394 e. The van der Waals surface area contributed by atoms with Gasteiger partial charge < -0.3 is 5.32 Å². The fourth-order valence-electron chi connectivity index (χ4n) is 2.56. The summed E-state index contributed by atoms with van der Waals surface area (Å²) in [4.78, 5) is 0.622. The molecule has 0 radical (unpaired) electrons. The fourth-order valence-corrected chi connectivity index (χ4v) is 4.05. The van der Waals surface area contributed by atoms with Crippen molar-refractivity contribution in [1.82, 2.24) is 5.32 Å². The molecule has 0 bridgehead atoms. The third-order valence-corrected chi connectivity index (χ3v) is 7.04. The lowest BCUT2D eigenvalue weighted by molar-refractivity contribution is 0.394. The highest BCUT2D eigenvalue weighted by molar-refractivity contribution is 9.12. The molecule has 1 aliphatic rings. The van der Waals surface area contributed by atoms with Gasteiger partial charge >= 0.3 is 0 Å². The van der Waals surface area contributed by atoms with Gasteiger partial charge in [-0.15, -0.1) is 0 Å². The average molecular weight is 375 g/mol. The molecule has 1 fully saturated rings. The fraction of sp³-hybridized carbons (Fsp3) is 0.600. The van der Waals surface area contributed by atoms with Crippen molar-refractivity contribution in [1.29, 1.82) is 0 Å². The van der Waals surface area contributed by atoms with Crippen LogP contribution in [0, 0.1) is 0 Å². The van der Waals surface area contributed by atoms with E-state index in [2.05, 4.69) is 67.5 Å². The van der Waals surface area contributed by atoms with Crippen LogP contribution < -0.4 is 5.32 Å². The highest BCUT2D eigenvalue weighted by Gasteiger charge is 2.36. The number of nitrogens with one attached hydrogen (secondary N) is 1. The predicted molar refractivity (Wildman–Crippen MR) is 85.6 cm³/mol. The van der Waals surface area contributed by atoms with Gasteiger partial charge in [0.15, 0.2) is 0 Å². The normalized spacial score (nSPS) is 28.2. The Balaban J connectivity index is 1.71. The largest absolute Gasteiger partial charge is 0.313 e. The highest BCUT2D eigenvalue weighted by Crippen LogP contribution is 2.42. The molecule has 1 saturated carbocycles. The highest BCUT2D eigenvalue weighted by atomic mass is 79.9. The summed E-state index contributed by atoms with van der Waals surface area (Å²) in [6.07, 6.45) is 6.49. The van der Waals surface area contributed by atoms with Crippen LogP contribution in [0.4, 0.5) is 0 Å². The van der Waals surface area contributed by atoms with Gasteiger partial charge in [-0.3, -0.25) is 0 Å². The number of hydrogen-bond donors (Lipinski definition) is 1. The minimum atomic E-state index is 0.301. The molecule has 1 nitrogen and oxygen atoms in total. The first-order chi connectivity index (χ1) is 8.71. The van der Waals surface area contributed by atoms with Crippen molar-refractivity contribution in [2.75, 3.05) is 6.54 Å². The van der Waals surface area contributed by atoms with Crippen molar-refractivity contribution in [3.63, 3.8) is 0 Å². The predicted octanol–water partition coefficient (Wildman–Crippen LogP) is 4.64. The molecule has 3 heteroatoms. The van der Waals surface area contributed by atoms with Gasteiger partial charge in [-0.25, -0.2) is 0 Å². The standard InChI is InChI=1S/C15H21Br2N/c16-14-8-4-5-9-15(14,17)10-11-18-12-13-6-2-1-3-7-13/h1-3,6-7,14,18H,4-5,8-12H2. The van der Waals surface area contributed by atoms with Gasteiger partial charge in [0.25, 0.3) is 0 Å². The van der Waals surface area contributed by atoms with Crippen LogP contribution in [0.5, 0.6) is 0 Å². The van der Waals surface area contributed by atoms with E-state index in [1.54, 1.807) is 0 Å². The molecular weight excluding hydrogens is 354 g/mol. The molecule has 0 amide bonds. The molecule has 1 aliphatic carbocycles. The van der Waals surface area contributed by atoms with Crippen molar-refractivity contribution in [2.24, 2.45) is 0 Å². The van der Waals surface area contributed by atoms with E-state index in [1.807, 2.05) is 0 Å². The van der Waals surface area contributed by atoms with Crippen LogP contribution in [0.3, 0.4) is 0 Å². The Morgan fingerprint density at radius 2 is 2.00 bits per heavy atom. The number of hydrogen-bond acceptors (Lipinski definition) is 1. The Kier molecular flexibility index (Phi) is 5.71. The molecule has 1 N–H and O–H groups in total. The maximum absolute atomic E-state index is 3.96. The number of rotatable bonds is 5. The summed E-state index contributed by atoms with van der Waals surface area (Å²) in [7, 11) is 0. The molecule has 2 rings (SSSR count). The molecule has 2 atom stereocenters. The molecule has 18 heavy (non-hydrogen) atoms. The minimum Gasteiger partial charge on any atom is -0.313 e. The van der Waals surface area contributed by atoms with E-state index in [0.29, 0.717) is 9.15 Å². The third kappa shape index (κ3) is 4.07. The second-order valence-electron chi connectivity index (χ2n) is 5.16. The van der Waals surface area contributed by atoms with E-state index >= 15 is 0 Å². The van der Waals surface area contributed by atoms with Gasteiger partial charge in [-0.05, 0) is 31.4 Å². The number of halogens is 2. The van der Waals surface area contributed by atoms with E-state index in [4.69, 9.17) is 0 Å². The summed E-state index contributed by atoms with van der Waals surface area (Å²) in [5, 5.41) is 3.54. The van der Waals surface area contributed by atoms with E-state index in [0.717, 1.165) is 13.1 Å². The number of alkyl halides is 2. The lowest BCUT2D eigenvalue weighted by Crippen LogP contribution is -2.38. The quantitative estimate of drug-likeness (QED) is 0.584. The summed E-state index contributed by atoms with van der Waals surface area (Å²) in [6, 6.07) is 10.6. The zero-order chi connectivity index (χ0) is 12.8. The molecule has 0 saturated heterocycles. The smallest absolute Gasteiger partial charge is 0.0394 e. The Bertz CT molecular complexity index is 355. The van der Waals surface area contributed by atoms with Gasteiger partial charge in [0, 0.05) is 15.7 Å². The van der Waals surface area contributed by atoms with Gasteiger partial charge in [0.05, 0.1) is 0 Å². The monoisotopic (exact) mass is 373 g/mol. The van der Waals surface area contributed by atoms with E-state index in [9.17, 15) is 0 Å². The Labute approximate surface area is 127 Å². The van der Waals surface area contributed by atoms with Crippen molar-refractivity contribution in [3.8, 4) is 0 Å². The lowest BCUT2D eigenvalue weighted by Gasteiger charge is -2.36. The first-order valence-corrected chi connectivity index (χ1v) is 8.49. The van der Waals surface area contributed by atoms with Crippen LogP contribution in [0.2, 0.25) is 0 Å². The van der Waals surface area contributed by atoms with Crippen LogP contribution in [0.15, 0.2) is 30.3 Å². The molecule has 0 aromatic heterocycles. The van der Waals surface area contributed by atoms with Crippen LogP contribution >= 0.6 is 31.9 Å². The molecule has 2 unspecified atom stereocenters. The van der Waals surface area contributed by atoms with Gasteiger partial charge in [-0.1, -0.05) is 75.0 Å². The van der Waals surface area contributed by atoms with E-state index in [-0.39, 0.29) is 0 Å². The molecule has 0 heterocycles. The van der Waals surface area contributed by atoms with Crippen LogP contribution in [-0.4, -0.2) is 15.7 Å². The summed E-state index contributed by atoms with van der Waals surface area (Å²) >= 11 is 7.79. The maximum atomic E-state index is 3.96. The first kappa shape index (κ1) is 14.5. The Hall–Kier alpha value is 0.140. The minimum absolute atomic E-state index is 0.301. The van der Waals surface area contributed by atoms with Crippen LogP contribution in [0.25, 0.3) is 0 Å². The summed E-state index contributed by atoms with van der Waals surface area (Å²) in [5.41, 5.74) is 1.36. The zero-order valence-electron chi connectivity index (χ0n) is 10.7. The number of benzene rings is 1. The Morgan fingerprint density at radius 3 is 2.72 bits per heavy atom. The topological polar surface area (TPSA) is 12.0 Å². The van der Waals surface area contributed by atoms with Crippen molar-refractivity contribution in [3.05, 3.63) is 35.9 Å².